The van der Waals surface area contributed by atoms with E-state index in [9.17, 15) is 0 Å². The second-order valence-corrected chi connectivity index (χ2v) is 3.11. The molecule has 1 rings (SSSR count). The third kappa shape index (κ3) is 2.61. The first-order chi connectivity index (χ1) is 7.22. The summed E-state index contributed by atoms with van der Waals surface area (Å²) < 4.78 is 10.7. The number of rotatable bonds is 4. The van der Waals surface area contributed by atoms with Crippen LogP contribution in [0.1, 0.15) is 12.5 Å². The van der Waals surface area contributed by atoms with Gasteiger partial charge in [0.05, 0.1) is 12.7 Å². The van der Waals surface area contributed by atoms with Crippen LogP contribution in [0.5, 0.6) is 11.5 Å². The average Bonchev–Trinajstić information content (AvgIpc) is 2.29. The van der Waals surface area contributed by atoms with Gasteiger partial charge in [0, 0.05) is 6.54 Å². The number of hydrogen-bond acceptors (Lipinski definition) is 4. The lowest BCUT2D eigenvalue weighted by Crippen LogP contribution is -2.23. The summed E-state index contributed by atoms with van der Waals surface area (Å²) in [4.78, 5) is 0. The van der Waals surface area contributed by atoms with Gasteiger partial charge >= 0.3 is 0 Å². The Bertz CT molecular complexity index is 371. The van der Waals surface area contributed by atoms with Crippen LogP contribution in [-0.2, 0) is 0 Å². The molecule has 1 atom stereocenters. The summed E-state index contributed by atoms with van der Waals surface area (Å²) >= 11 is 0. The molecule has 0 heterocycles. The van der Waals surface area contributed by atoms with E-state index in [1.54, 1.807) is 18.2 Å². The van der Waals surface area contributed by atoms with Crippen molar-refractivity contribution in [1.29, 1.82) is 5.26 Å². The lowest BCUT2D eigenvalue weighted by molar-refractivity contribution is 0.218. The molecular formula is C11H14N2O2. The van der Waals surface area contributed by atoms with Crippen molar-refractivity contribution in [3.05, 3.63) is 23.8 Å². The van der Waals surface area contributed by atoms with E-state index in [4.69, 9.17) is 20.5 Å². The lowest BCUT2D eigenvalue weighted by atomic mass is 10.2. The molecule has 0 aliphatic heterocycles. The summed E-state index contributed by atoms with van der Waals surface area (Å²) in [6, 6.07) is 7.23. The lowest BCUT2D eigenvalue weighted by Gasteiger charge is -2.16. The normalized spacial score (nSPS) is 11.6. The fourth-order valence-corrected chi connectivity index (χ4v) is 1.14. The summed E-state index contributed by atoms with van der Waals surface area (Å²) in [7, 11) is 1.54. The highest BCUT2D eigenvalue weighted by Gasteiger charge is 2.12. The van der Waals surface area contributed by atoms with E-state index in [-0.39, 0.29) is 6.10 Å². The van der Waals surface area contributed by atoms with Crippen LogP contribution in [0.3, 0.4) is 0 Å². The third-order valence-corrected chi connectivity index (χ3v) is 1.97. The first kappa shape index (κ1) is 11.3. The molecule has 80 valence electrons. The molecule has 0 saturated carbocycles. The summed E-state index contributed by atoms with van der Waals surface area (Å²) in [5.74, 6) is 1.01. The largest absolute Gasteiger partial charge is 0.493 e. The summed E-state index contributed by atoms with van der Waals surface area (Å²) in [5, 5.41) is 8.91. The van der Waals surface area contributed by atoms with Crippen LogP contribution in [0.25, 0.3) is 0 Å². The van der Waals surface area contributed by atoms with Crippen LogP contribution in [-0.4, -0.2) is 19.8 Å². The van der Waals surface area contributed by atoms with Gasteiger partial charge in [-0.25, -0.2) is 0 Å². The fraction of sp³-hybridized carbons (Fsp3) is 0.364. The maximum absolute atomic E-state index is 8.91. The Kier molecular flexibility index (Phi) is 3.95. The molecule has 1 aromatic carbocycles. The smallest absolute Gasteiger partial charge is 0.179 e. The van der Waals surface area contributed by atoms with Crippen LogP contribution in [0, 0.1) is 11.3 Å². The predicted molar refractivity (Wildman–Crippen MR) is 56.9 cm³/mol. The van der Waals surface area contributed by atoms with Gasteiger partial charge < -0.3 is 15.2 Å². The van der Waals surface area contributed by atoms with Crippen LogP contribution in [0.15, 0.2) is 18.2 Å². The standard InChI is InChI=1S/C11H14N2O2/c1-8(6-12)15-11-9(7-13)4-3-5-10(11)14-2/h3-5,8H,6,12H2,1-2H3. The Morgan fingerprint density at radius 1 is 1.53 bits per heavy atom. The second-order valence-electron chi connectivity index (χ2n) is 3.11. The first-order valence-electron chi connectivity index (χ1n) is 4.66. The van der Waals surface area contributed by atoms with Crippen molar-refractivity contribution in [2.24, 2.45) is 5.73 Å². The van der Waals surface area contributed by atoms with Crippen molar-refractivity contribution in [1.82, 2.24) is 0 Å². The average molecular weight is 206 g/mol. The number of benzene rings is 1. The van der Waals surface area contributed by atoms with Crippen molar-refractivity contribution in [2.45, 2.75) is 13.0 Å². The zero-order valence-corrected chi connectivity index (χ0v) is 8.86. The Balaban J connectivity index is 3.06. The van der Waals surface area contributed by atoms with Gasteiger partial charge in [-0.2, -0.15) is 5.26 Å². The molecule has 0 aliphatic rings. The topological polar surface area (TPSA) is 68.3 Å². The van der Waals surface area contributed by atoms with Gasteiger partial charge in [0.1, 0.15) is 12.2 Å². The number of methoxy groups -OCH3 is 1. The molecule has 0 aliphatic carbocycles. The van der Waals surface area contributed by atoms with Crippen molar-refractivity contribution >= 4 is 0 Å². The first-order valence-corrected chi connectivity index (χ1v) is 4.66. The molecule has 0 spiro atoms. The zero-order chi connectivity index (χ0) is 11.3. The number of ether oxygens (including phenoxy) is 2. The molecule has 1 aromatic rings. The van der Waals surface area contributed by atoms with Gasteiger partial charge in [0.15, 0.2) is 11.5 Å². The highest BCUT2D eigenvalue weighted by atomic mass is 16.5. The molecule has 1 unspecified atom stereocenters. The van der Waals surface area contributed by atoms with Gasteiger partial charge in [-0.3, -0.25) is 0 Å². The molecule has 0 radical (unpaired) electrons. The second kappa shape index (κ2) is 5.23. The van der Waals surface area contributed by atoms with Crippen LogP contribution < -0.4 is 15.2 Å². The van der Waals surface area contributed by atoms with E-state index in [2.05, 4.69) is 6.07 Å². The minimum atomic E-state index is -0.145. The predicted octanol–water partition coefficient (Wildman–Crippen LogP) is 1.29. The molecule has 0 saturated heterocycles. The molecule has 4 heteroatoms. The van der Waals surface area contributed by atoms with E-state index >= 15 is 0 Å². The number of nitrogens with two attached hydrogens (primary N) is 1. The van der Waals surface area contributed by atoms with Gasteiger partial charge in [0.2, 0.25) is 0 Å². The number of nitriles is 1. The van der Waals surface area contributed by atoms with Crippen molar-refractivity contribution in [3.8, 4) is 17.6 Å². The van der Waals surface area contributed by atoms with Gasteiger partial charge in [-0.15, -0.1) is 0 Å². The van der Waals surface area contributed by atoms with Crippen molar-refractivity contribution < 1.29 is 9.47 Å². The Morgan fingerprint density at radius 3 is 2.80 bits per heavy atom. The molecule has 15 heavy (non-hydrogen) atoms. The zero-order valence-electron chi connectivity index (χ0n) is 8.86. The van der Waals surface area contributed by atoms with Crippen molar-refractivity contribution in [2.75, 3.05) is 13.7 Å². The SMILES string of the molecule is COc1cccc(C#N)c1OC(C)CN. The van der Waals surface area contributed by atoms with E-state index in [1.807, 2.05) is 6.92 Å². The maximum Gasteiger partial charge on any atom is 0.179 e. The van der Waals surface area contributed by atoms with Crippen LogP contribution >= 0.6 is 0 Å². The Morgan fingerprint density at radius 2 is 2.27 bits per heavy atom. The summed E-state index contributed by atoms with van der Waals surface area (Å²) in [6.45, 7) is 2.23. The third-order valence-electron chi connectivity index (χ3n) is 1.97. The van der Waals surface area contributed by atoms with E-state index < -0.39 is 0 Å². The fourth-order valence-electron chi connectivity index (χ4n) is 1.14. The molecule has 4 nitrogen and oxygen atoms in total. The molecule has 0 bridgehead atoms. The maximum atomic E-state index is 8.91. The summed E-state index contributed by atoms with van der Waals surface area (Å²) in [5.41, 5.74) is 5.91. The molecular weight excluding hydrogens is 192 g/mol. The van der Waals surface area contributed by atoms with E-state index in [0.717, 1.165) is 0 Å². The molecule has 0 fully saturated rings. The van der Waals surface area contributed by atoms with Gasteiger partial charge in [0.25, 0.3) is 0 Å². The highest BCUT2D eigenvalue weighted by Crippen LogP contribution is 2.31. The quantitative estimate of drug-likeness (QED) is 0.806. The minimum absolute atomic E-state index is 0.145. The Labute approximate surface area is 89.2 Å². The van der Waals surface area contributed by atoms with E-state index in [1.165, 1.54) is 7.11 Å². The minimum Gasteiger partial charge on any atom is -0.493 e. The van der Waals surface area contributed by atoms with Crippen LogP contribution in [0.4, 0.5) is 0 Å². The molecule has 0 amide bonds. The van der Waals surface area contributed by atoms with Crippen molar-refractivity contribution in [3.63, 3.8) is 0 Å². The summed E-state index contributed by atoms with van der Waals surface area (Å²) in [6.07, 6.45) is -0.145. The Hall–Kier alpha value is -1.73. The highest BCUT2D eigenvalue weighted by molar-refractivity contribution is 5.52. The number of nitrogens with zero attached hydrogens (tertiary/aromatic N) is 1. The van der Waals surface area contributed by atoms with Gasteiger partial charge in [-0.1, -0.05) is 6.07 Å². The van der Waals surface area contributed by atoms with E-state index in [0.29, 0.717) is 23.6 Å². The monoisotopic (exact) mass is 206 g/mol. The molecule has 2 N–H and O–H groups in total. The number of hydrogen-bond donors (Lipinski definition) is 1. The number of para-hydroxylation sites is 1. The van der Waals surface area contributed by atoms with Crippen LogP contribution in [0.2, 0.25) is 0 Å². The molecule has 0 aromatic heterocycles. The van der Waals surface area contributed by atoms with Gasteiger partial charge in [-0.05, 0) is 19.1 Å².